The number of thiazole rings is 1. The molecule has 2 fully saturated rings. The Bertz CT molecular complexity index is 2650. The lowest BCUT2D eigenvalue weighted by molar-refractivity contribution is -0.140. The van der Waals surface area contributed by atoms with Gasteiger partial charge in [0, 0.05) is 60.3 Å². The van der Waals surface area contributed by atoms with Crippen LogP contribution in [-0.2, 0) is 29.1 Å². The zero-order valence-corrected chi connectivity index (χ0v) is 41.6. The summed E-state index contributed by atoms with van der Waals surface area (Å²) in [7, 11) is -2.83. The van der Waals surface area contributed by atoms with Gasteiger partial charge in [0.2, 0.25) is 11.8 Å². The maximum atomic E-state index is 14.9. The number of hydrogen-bond donors (Lipinski definition) is 5. The van der Waals surface area contributed by atoms with E-state index in [9.17, 15) is 27.6 Å². The van der Waals surface area contributed by atoms with Crippen LogP contribution in [0.25, 0.3) is 22.3 Å². The summed E-state index contributed by atoms with van der Waals surface area (Å²) < 4.78 is 48.0. The van der Waals surface area contributed by atoms with Crippen molar-refractivity contribution in [3.05, 3.63) is 66.1 Å². The summed E-state index contributed by atoms with van der Waals surface area (Å²) in [5.41, 5.74) is -0.297. The molecule has 4 heterocycles. The van der Waals surface area contributed by atoms with Gasteiger partial charge >= 0.3 is 6.09 Å². The van der Waals surface area contributed by atoms with Gasteiger partial charge in [0.15, 0.2) is 5.13 Å². The van der Waals surface area contributed by atoms with Crippen LogP contribution in [0.4, 0.5) is 15.6 Å². The van der Waals surface area contributed by atoms with Crippen molar-refractivity contribution in [1.82, 2.24) is 30.2 Å². The highest BCUT2D eigenvalue weighted by molar-refractivity contribution is 7.90. The molecule has 5 N–H and O–H groups in total. The average Bonchev–Trinajstić information content (AvgIpc) is 3.52. The molecule has 2 aromatic carbocycles. The maximum absolute atomic E-state index is 14.9. The van der Waals surface area contributed by atoms with E-state index in [1.807, 2.05) is 51.3 Å². The third-order valence-electron chi connectivity index (χ3n) is 12.1. The van der Waals surface area contributed by atoms with Gasteiger partial charge in [-0.25, -0.2) is 27.9 Å². The standard InChI is InChI=1S/C49H64N8O9S2/c1-29(2)36(54-47(61)66-48(5,6)7)25-43(58)57-27-33(65-41-24-38(39-28-67-46(53-39)51-30(3)4)52-37-22-32(64-8)19-20-34(37)41)23-40(57)44(59)55-49-26-31(49)16-12-10-9-11-15-21-50-35-17-13-14-18-42(35)68(62,63)56-45(49)60/h12-14,16-20,22,24,28-31,33,36,40,50H,9-11,15,21,23,25-27H2,1-8H3,(H,51,53)(H,54,61)(H,55,59)(H,56,60)/b16-12-/t31-,33+,36+,40-,49+/m0/s1. The second-order valence-corrected chi connectivity index (χ2v) is 21.9. The van der Waals surface area contributed by atoms with Gasteiger partial charge in [-0.3, -0.25) is 14.4 Å². The number of likely N-dealkylation sites (tertiary alicyclic amines) is 1. The summed E-state index contributed by atoms with van der Waals surface area (Å²) in [6, 6.07) is 12.0. The Morgan fingerprint density at radius 3 is 2.53 bits per heavy atom. The number of nitrogens with one attached hydrogen (secondary N) is 5. The molecule has 2 aromatic heterocycles. The van der Waals surface area contributed by atoms with Crippen molar-refractivity contribution in [2.45, 2.75) is 134 Å². The Labute approximate surface area is 402 Å². The lowest BCUT2D eigenvalue weighted by Crippen LogP contribution is -2.56. The number of pyridine rings is 1. The van der Waals surface area contributed by atoms with E-state index >= 15 is 0 Å². The summed E-state index contributed by atoms with van der Waals surface area (Å²) in [5, 5.41) is 15.6. The molecule has 1 saturated heterocycles. The lowest BCUT2D eigenvalue weighted by atomic mass is 10.00. The molecule has 7 rings (SSSR count). The molecular weight excluding hydrogens is 909 g/mol. The Hall–Kier alpha value is -5.95. The molecule has 19 heteroatoms. The van der Waals surface area contributed by atoms with Crippen LogP contribution in [-0.4, -0.2) is 103 Å². The number of ether oxygens (including phenoxy) is 3. The number of fused-ring (bicyclic) bond motifs is 3. The highest BCUT2D eigenvalue weighted by atomic mass is 32.2. The molecule has 4 amide bonds. The summed E-state index contributed by atoms with van der Waals surface area (Å²) in [6.07, 6.45) is 5.77. The van der Waals surface area contributed by atoms with E-state index in [2.05, 4.69) is 26.0 Å². The van der Waals surface area contributed by atoms with Crippen molar-refractivity contribution in [3.8, 4) is 22.9 Å². The molecule has 17 nitrogen and oxygen atoms in total. The molecule has 0 unspecified atom stereocenters. The van der Waals surface area contributed by atoms with Gasteiger partial charge in [0.05, 0.1) is 30.6 Å². The van der Waals surface area contributed by atoms with Crippen LogP contribution in [0.3, 0.4) is 0 Å². The molecule has 1 saturated carbocycles. The molecule has 2 aliphatic heterocycles. The molecule has 0 spiro atoms. The molecule has 0 radical (unpaired) electrons. The summed E-state index contributed by atoms with van der Waals surface area (Å²) in [6.45, 7) is 13.6. The van der Waals surface area contributed by atoms with Crippen LogP contribution >= 0.6 is 11.3 Å². The number of rotatable bonds is 12. The minimum atomic E-state index is -4.40. The second-order valence-electron chi connectivity index (χ2n) is 19.4. The minimum absolute atomic E-state index is 0.0213. The second kappa shape index (κ2) is 20.7. The van der Waals surface area contributed by atoms with Crippen LogP contribution in [0.2, 0.25) is 0 Å². The first kappa shape index (κ1) is 49.9. The predicted molar refractivity (Wildman–Crippen MR) is 262 cm³/mol. The van der Waals surface area contributed by atoms with Crippen LogP contribution in [0.15, 0.2) is 71.0 Å². The zero-order chi connectivity index (χ0) is 49.0. The molecule has 3 aliphatic rings. The van der Waals surface area contributed by atoms with E-state index in [1.54, 1.807) is 64.3 Å². The Morgan fingerprint density at radius 1 is 1.01 bits per heavy atom. The highest BCUT2D eigenvalue weighted by Crippen LogP contribution is 2.46. The fourth-order valence-corrected chi connectivity index (χ4v) is 10.6. The monoisotopic (exact) mass is 972 g/mol. The topological polar surface area (TPSA) is 219 Å². The van der Waals surface area contributed by atoms with Gasteiger partial charge in [0.1, 0.15) is 45.4 Å². The quantitative estimate of drug-likeness (QED) is 0.0876. The number of nitrogens with zero attached hydrogens (tertiary/aromatic N) is 3. The van der Waals surface area contributed by atoms with Gasteiger partial charge in [-0.2, -0.15) is 0 Å². The van der Waals surface area contributed by atoms with Crippen LogP contribution in [0, 0.1) is 11.8 Å². The summed E-state index contributed by atoms with van der Waals surface area (Å²) in [5.74, 6) is -1.65. The number of benzene rings is 2. The van der Waals surface area contributed by atoms with Crippen molar-refractivity contribution < 1.29 is 41.8 Å². The van der Waals surface area contributed by atoms with E-state index < -0.39 is 69.1 Å². The van der Waals surface area contributed by atoms with Crippen LogP contribution in [0.1, 0.15) is 93.4 Å². The number of para-hydroxylation sites is 1. The van der Waals surface area contributed by atoms with Gasteiger partial charge < -0.3 is 40.4 Å². The molecule has 366 valence electrons. The molecular formula is C49H64N8O9S2. The van der Waals surface area contributed by atoms with Crippen LogP contribution in [0.5, 0.6) is 11.5 Å². The number of alkyl carbamates (subject to hydrolysis) is 1. The number of amides is 4. The van der Waals surface area contributed by atoms with Crippen molar-refractivity contribution in [1.29, 1.82) is 0 Å². The number of allylic oxidation sites excluding steroid dienone is 1. The van der Waals surface area contributed by atoms with E-state index in [4.69, 9.17) is 24.2 Å². The highest BCUT2D eigenvalue weighted by Gasteiger charge is 2.61. The molecule has 5 atom stereocenters. The van der Waals surface area contributed by atoms with E-state index in [0.717, 1.165) is 30.8 Å². The van der Waals surface area contributed by atoms with E-state index in [-0.39, 0.29) is 42.7 Å². The van der Waals surface area contributed by atoms with Crippen molar-refractivity contribution in [2.75, 3.05) is 30.8 Å². The lowest BCUT2D eigenvalue weighted by Gasteiger charge is -2.29. The molecule has 0 bridgehead atoms. The molecule has 4 aromatic rings. The van der Waals surface area contributed by atoms with E-state index in [1.165, 1.54) is 22.3 Å². The number of carbonyl (C=O) groups excluding carboxylic acids is 4. The molecule has 68 heavy (non-hydrogen) atoms. The fraction of sp³-hybridized carbons (Fsp3) is 0.510. The van der Waals surface area contributed by atoms with E-state index in [0.29, 0.717) is 46.0 Å². The molecule has 1 aliphatic carbocycles. The van der Waals surface area contributed by atoms with Crippen molar-refractivity contribution in [2.24, 2.45) is 11.8 Å². The Morgan fingerprint density at radius 2 is 1.79 bits per heavy atom. The minimum Gasteiger partial charge on any atom is -0.497 e. The summed E-state index contributed by atoms with van der Waals surface area (Å²) >= 11 is 1.45. The number of sulfonamides is 1. The first-order chi connectivity index (χ1) is 32.2. The third kappa shape index (κ3) is 12.0. The maximum Gasteiger partial charge on any atom is 0.407 e. The summed E-state index contributed by atoms with van der Waals surface area (Å²) in [4.78, 5) is 67.9. The van der Waals surface area contributed by atoms with Gasteiger partial charge in [-0.1, -0.05) is 44.6 Å². The van der Waals surface area contributed by atoms with Crippen LogP contribution < -0.4 is 35.5 Å². The van der Waals surface area contributed by atoms with Gasteiger partial charge in [0.25, 0.3) is 15.9 Å². The Kier molecular flexibility index (Phi) is 15.2. The predicted octanol–water partition coefficient (Wildman–Crippen LogP) is 7.40. The Balaban J connectivity index is 1.21. The first-order valence-corrected chi connectivity index (χ1v) is 25.7. The van der Waals surface area contributed by atoms with Gasteiger partial charge in [-0.05, 0) is 90.5 Å². The SMILES string of the molecule is COc1ccc2c(O[C@@H]3C[C@@H](C(=O)N[C@]45C[C@@H]4/C=C\CCCCCNc4ccccc4S(=O)(=O)NC5=O)N(C(=O)C[C@@H](NC(=O)OC(C)(C)C)C(C)C)C3)cc(-c3csc(NC(C)C)n3)nc2c1. The first-order valence-electron chi connectivity index (χ1n) is 23.3. The third-order valence-corrected chi connectivity index (χ3v) is 14.3. The fourth-order valence-electron chi connectivity index (χ4n) is 8.49. The number of hydrogen-bond acceptors (Lipinski definition) is 14. The van der Waals surface area contributed by atoms with Crippen molar-refractivity contribution >= 4 is 66.9 Å². The average molecular weight is 973 g/mol. The smallest absolute Gasteiger partial charge is 0.407 e. The number of aromatic nitrogens is 2. The van der Waals surface area contributed by atoms with Crippen molar-refractivity contribution in [3.63, 3.8) is 0 Å². The normalized spacial score (nSPS) is 22.6. The number of anilines is 2. The van der Waals surface area contributed by atoms with Gasteiger partial charge in [-0.15, -0.1) is 11.3 Å². The zero-order valence-electron chi connectivity index (χ0n) is 40.0. The number of carbonyl (C=O) groups is 4. The number of methoxy groups -OCH3 is 1. The largest absolute Gasteiger partial charge is 0.497 e.